The normalized spacial score (nSPS) is 11.1. The molecule has 0 unspecified atom stereocenters. The number of rotatable bonds is 4. The van der Waals surface area contributed by atoms with Crippen molar-refractivity contribution in [1.82, 2.24) is 5.32 Å². The third kappa shape index (κ3) is 3.46. The summed E-state index contributed by atoms with van der Waals surface area (Å²) in [6.45, 7) is 5.33. The molecular weight excluding hydrogens is 218 g/mol. The first-order chi connectivity index (χ1) is 7.89. The van der Waals surface area contributed by atoms with Crippen molar-refractivity contribution in [2.75, 3.05) is 13.7 Å². The van der Waals surface area contributed by atoms with Gasteiger partial charge in [0.1, 0.15) is 5.75 Å². The summed E-state index contributed by atoms with van der Waals surface area (Å²) in [6.07, 6.45) is 0. The fraction of sp³-hybridized carbons (Fsp3) is 0.462. The molecule has 4 nitrogen and oxygen atoms in total. The number of ether oxygens (including phenoxy) is 1. The molecule has 0 aliphatic carbocycles. The van der Waals surface area contributed by atoms with Gasteiger partial charge in [-0.3, -0.25) is 4.79 Å². The van der Waals surface area contributed by atoms with Crippen molar-refractivity contribution in [3.63, 3.8) is 0 Å². The maximum absolute atomic E-state index is 11.9. The van der Waals surface area contributed by atoms with Crippen molar-refractivity contribution in [2.24, 2.45) is 0 Å². The molecule has 94 valence electrons. The van der Waals surface area contributed by atoms with E-state index < -0.39 is 5.54 Å². The van der Waals surface area contributed by atoms with E-state index in [-0.39, 0.29) is 12.5 Å². The zero-order valence-electron chi connectivity index (χ0n) is 10.7. The number of carbonyl (C=O) groups excluding carboxylic acids is 1. The van der Waals surface area contributed by atoms with Crippen LogP contribution in [0.5, 0.6) is 5.75 Å². The number of hydrogen-bond donors (Lipinski definition) is 2. The molecule has 0 aliphatic heterocycles. The molecule has 1 aromatic rings. The van der Waals surface area contributed by atoms with Gasteiger partial charge < -0.3 is 15.2 Å². The van der Waals surface area contributed by atoms with Gasteiger partial charge in [-0.05, 0) is 38.5 Å². The number of methoxy groups -OCH3 is 1. The van der Waals surface area contributed by atoms with E-state index in [1.54, 1.807) is 33.1 Å². The molecule has 2 N–H and O–H groups in total. The minimum atomic E-state index is -0.630. The van der Waals surface area contributed by atoms with Crippen LogP contribution in [0.2, 0.25) is 0 Å². The summed E-state index contributed by atoms with van der Waals surface area (Å²) >= 11 is 0. The van der Waals surface area contributed by atoms with Crippen LogP contribution in [-0.4, -0.2) is 30.3 Å². The lowest BCUT2D eigenvalue weighted by molar-refractivity contribution is 0.0869. The minimum absolute atomic E-state index is 0.109. The Morgan fingerprint density at radius 3 is 2.65 bits per heavy atom. The van der Waals surface area contributed by atoms with Gasteiger partial charge in [0.25, 0.3) is 5.91 Å². The molecule has 0 aliphatic rings. The molecule has 17 heavy (non-hydrogen) atoms. The number of nitrogens with one attached hydrogen (secondary N) is 1. The number of aryl methyl sites for hydroxylation is 1. The number of hydrogen-bond acceptors (Lipinski definition) is 3. The van der Waals surface area contributed by atoms with Crippen LogP contribution in [0, 0.1) is 6.92 Å². The number of benzene rings is 1. The molecule has 0 fully saturated rings. The number of amides is 1. The van der Waals surface area contributed by atoms with Gasteiger partial charge in [0.2, 0.25) is 0 Å². The van der Waals surface area contributed by atoms with Crippen molar-refractivity contribution in [3.8, 4) is 5.75 Å². The van der Waals surface area contributed by atoms with Crippen molar-refractivity contribution < 1.29 is 14.6 Å². The molecule has 1 amide bonds. The fourth-order valence-corrected chi connectivity index (χ4v) is 1.38. The van der Waals surface area contributed by atoms with Crippen LogP contribution in [-0.2, 0) is 0 Å². The molecule has 0 atom stereocenters. The van der Waals surface area contributed by atoms with Gasteiger partial charge >= 0.3 is 0 Å². The zero-order valence-corrected chi connectivity index (χ0v) is 10.7. The van der Waals surface area contributed by atoms with Crippen LogP contribution < -0.4 is 10.1 Å². The highest BCUT2D eigenvalue weighted by Gasteiger charge is 2.20. The lowest BCUT2D eigenvalue weighted by Gasteiger charge is -2.23. The molecule has 0 aromatic heterocycles. The number of aliphatic hydroxyl groups excluding tert-OH is 1. The summed E-state index contributed by atoms with van der Waals surface area (Å²) < 4.78 is 5.16. The maximum atomic E-state index is 11.9. The van der Waals surface area contributed by atoms with Gasteiger partial charge in [0, 0.05) is 5.56 Å². The van der Waals surface area contributed by atoms with Crippen LogP contribution in [0.3, 0.4) is 0 Å². The molecule has 0 spiro atoms. The largest absolute Gasteiger partial charge is 0.496 e. The van der Waals surface area contributed by atoms with Gasteiger partial charge in [0.15, 0.2) is 0 Å². The van der Waals surface area contributed by atoms with Crippen molar-refractivity contribution >= 4 is 5.91 Å². The van der Waals surface area contributed by atoms with Crippen molar-refractivity contribution in [3.05, 3.63) is 29.3 Å². The van der Waals surface area contributed by atoms with Gasteiger partial charge in [-0.25, -0.2) is 0 Å². The second-order valence-corrected chi connectivity index (χ2v) is 4.68. The smallest absolute Gasteiger partial charge is 0.251 e. The molecule has 0 heterocycles. The Morgan fingerprint density at radius 2 is 2.12 bits per heavy atom. The summed E-state index contributed by atoms with van der Waals surface area (Å²) in [7, 11) is 1.57. The summed E-state index contributed by atoms with van der Waals surface area (Å²) in [5.74, 6) is 0.460. The quantitative estimate of drug-likeness (QED) is 0.834. The predicted molar refractivity (Wildman–Crippen MR) is 66.4 cm³/mol. The first-order valence-electron chi connectivity index (χ1n) is 5.47. The van der Waals surface area contributed by atoms with E-state index >= 15 is 0 Å². The topological polar surface area (TPSA) is 58.6 Å². The average molecular weight is 237 g/mol. The first kappa shape index (κ1) is 13.5. The van der Waals surface area contributed by atoms with E-state index in [2.05, 4.69) is 5.32 Å². The molecule has 0 saturated heterocycles. The Kier molecular flexibility index (Phi) is 4.12. The summed E-state index contributed by atoms with van der Waals surface area (Å²) in [4.78, 5) is 11.9. The predicted octanol–water partition coefficient (Wildman–Crippen LogP) is 1.50. The highest BCUT2D eigenvalue weighted by molar-refractivity contribution is 5.95. The van der Waals surface area contributed by atoms with E-state index in [4.69, 9.17) is 9.84 Å². The second kappa shape index (κ2) is 5.19. The maximum Gasteiger partial charge on any atom is 0.251 e. The van der Waals surface area contributed by atoms with Crippen LogP contribution >= 0.6 is 0 Å². The van der Waals surface area contributed by atoms with E-state index in [0.717, 1.165) is 5.56 Å². The highest BCUT2D eigenvalue weighted by atomic mass is 16.5. The molecular formula is C13H19NO3. The van der Waals surface area contributed by atoms with Crippen LogP contribution in [0.15, 0.2) is 18.2 Å². The monoisotopic (exact) mass is 237 g/mol. The summed E-state index contributed by atoms with van der Waals surface area (Å²) in [5.41, 5.74) is 0.870. The van der Waals surface area contributed by atoms with Crippen LogP contribution in [0.1, 0.15) is 29.8 Å². The summed E-state index contributed by atoms with van der Waals surface area (Å²) in [6, 6.07) is 5.26. The van der Waals surface area contributed by atoms with Crippen LogP contribution in [0.4, 0.5) is 0 Å². The molecule has 0 saturated carbocycles. The second-order valence-electron chi connectivity index (χ2n) is 4.68. The van der Waals surface area contributed by atoms with Gasteiger partial charge in [-0.2, -0.15) is 0 Å². The third-order valence-corrected chi connectivity index (χ3v) is 2.52. The summed E-state index contributed by atoms with van der Waals surface area (Å²) in [5, 5.41) is 11.8. The zero-order chi connectivity index (χ0) is 13.1. The number of carbonyl (C=O) groups is 1. The highest BCUT2D eigenvalue weighted by Crippen LogP contribution is 2.19. The average Bonchev–Trinajstić information content (AvgIpc) is 2.29. The first-order valence-corrected chi connectivity index (χ1v) is 5.47. The van der Waals surface area contributed by atoms with E-state index in [1.807, 2.05) is 13.0 Å². The van der Waals surface area contributed by atoms with Gasteiger partial charge in [-0.1, -0.05) is 6.07 Å². The minimum Gasteiger partial charge on any atom is -0.496 e. The fourth-order valence-electron chi connectivity index (χ4n) is 1.38. The van der Waals surface area contributed by atoms with Gasteiger partial charge in [0.05, 0.1) is 19.3 Å². The molecule has 0 bridgehead atoms. The van der Waals surface area contributed by atoms with Crippen molar-refractivity contribution in [1.29, 1.82) is 0 Å². The Bertz CT molecular complexity index is 413. The Morgan fingerprint density at radius 1 is 1.47 bits per heavy atom. The van der Waals surface area contributed by atoms with E-state index in [9.17, 15) is 4.79 Å². The van der Waals surface area contributed by atoms with E-state index in [0.29, 0.717) is 11.3 Å². The lowest BCUT2D eigenvalue weighted by atomic mass is 10.1. The Hall–Kier alpha value is -1.55. The van der Waals surface area contributed by atoms with Crippen LogP contribution in [0.25, 0.3) is 0 Å². The molecule has 1 rings (SSSR count). The van der Waals surface area contributed by atoms with Gasteiger partial charge in [-0.15, -0.1) is 0 Å². The standard InChI is InChI=1S/C13H19NO3/c1-9-5-6-10(7-11(9)17-4)12(16)14-13(2,3)8-15/h5-7,15H,8H2,1-4H3,(H,14,16). The SMILES string of the molecule is COc1cc(C(=O)NC(C)(C)CO)ccc1C. The lowest BCUT2D eigenvalue weighted by Crippen LogP contribution is -2.46. The number of aliphatic hydroxyl groups is 1. The Balaban J connectivity index is 2.90. The molecule has 1 aromatic carbocycles. The van der Waals surface area contributed by atoms with E-state index in [1.165, 1.54) is 0 Å². The Labute approximate surface area is 102 Å². The molecule has 4 heteroatoms. The molecule has 0 radical (unpaired) electrons. The van der Waals surface area contributed by atoms with Crippen molar-refractivity contribution in [2.45, 2.75) is 26.3 Å². The third-order valence-electron chi connectivity index (χ3n) is 2.52.